The third-order valence-corrected chi connectivity index (χ3v) is 3.48. The summed E-state index contributed by atoms with van der Waals surface area (Å²) in [5.74, 6) is 0.482. The van der Waals surface area contributed by atoms with Crippen molar-refractivity contribution in [3.63, 3.8) is 0 Å². The number of benzene rings is 1. The normalized spacial score (nSPS) is 11.6. The monoisotopic (exact) mass is 370 g/mol. The summed E-state index contributed by atoms with van der Waals surface area (Å²) in [6.07, 6.45) is 1.81. The maximum atomic E-state index is 11.7. The van der Waals surface area contributed by atoms with E-state index in [0.29, 0.717) is 26.0 Å². The smallest absolute Gasteiger partial charge is 0.242 e. The molecule has 0 aliphatic carbocycles. The van der Waals surface area contributed by atoms with Gasteiger partial charge >= 0.3 is 0 Å². The number of carbonyl (C=O) groups is 2. The number of ether oxygens (including phenoxy) is 1. The van der Waals surface area contributed by atoms with Gasteiger partial charge in [0.15, 0.2) is 0 Å². The molecule has 22 heavy (non-hydrogen) atoms. The number of hydrogen-bond donors (Lipinski definition) is 2. The Morgan fingerprint density at radius 2 is 1.95 bits per heavy atom. The molecule has 6 heteroatoms. The third kappa shape index (κ3) is 7.45. The van der Waals surface area contributed by atoms with Gasteiger partial charge in [-0.15, -0.1) is 0 Å². The van der Waals surface area contributed by atoms with Gasteiger partial charge in [-0.05, 0) is 44.0 Å². The summed E-state index contributed by atoms with van der Waals surface area (Å²) in [4.78, 5) is 23.4. The van der Waals surface area contributed by atoms with Gasteiger partial charge in [0, 0.05) is 17.4 Å². The van der Waals surface area contributed by atoms with E-state index in [2.05, 4.69) is 26.6 Å². The Balaban J connectivity index is 2.17. The van der Waals surface area contributed by atoms with Crippen molar-refractivity contribution in [2.75, 3.05) is 13.2 Å². The molecule has 0 radical (unpaired) electrons. The molecular weight excluding hydrogens is 348 g/mol. The molecule has 1 atom stereocenters. The van der Waals surface area contributed by atoms with E-state index in [0.717, 1.165) is 16.6 Å². The van der Waals surface area contributed by atoms with Crippen LogP contribution >= 0.6 is 15.9 Å². The fourth-order valence-corrected chi connectivity index (χ4v) is 2.00. The minimum Gasteiger partial charge on any atom is -0.494 e. The lowest BCUT2D eigenvalue weighted by Gasteiger charge is -2.13. The average Bonchev–Trinajstić information content (AvgIpc) is 2.50. The lowest BCUT2D eigenvalue weighted by atomic mass is 10.2. The molecule has 5 nitrogen and oxygen atoms in total. The largest absolute Gasteiger partial charge is 0.494 e. The number of amides is 2. The van der Waals surface area contributed by atoms with Gasteiger partial charge < -0.3 is 15.4 Å². The molecule has 0 aliphatic rings. The number of hydrogen-bond acceptors (Lipinski definition) is 3. The Labute approximate surface area is 139 Å². The molecule has 1 aromatic carbocycles. The molecule has 1 aromatic rings. The van der Waals surface area contributed by atoms with Crippen LogP contribution in [-0.4, -0.2) is 31.0 Å². The van der Waals surface area contributed by atoms with Crippen molar-refractivity contribution >= 4 is 27.7 Å². The van der Waals surface area contributed by atoms with Gasteiger partial charge in [-0.2, -0.15) is 0 Å². The molecule has 0 aliphatic heterocycles. The van der Waals surface area contributed by atoms with Crippen LogP contribution in [-0.2, 0) is 9.59 Å². The van der Waals surface area contributed by atoms with Gasteiger partial charge in [0.25, 0.3) is 0 Å². The minimum atomic E-state index is -0.508. The van der Waals surface area contributed by atoms with Gasteiger partial charge in [0.05, 0.1) is 6.61 Å². The van der Waals surface area contributed by atoms with Crippen LogP contribution in [0.1, 0.15) is 33.1 Å². The Morgan fingerprint density at radius 3 is 2.59 bits per heavy atom. The van der Waals surface area contributed by atoms with Crippen LogP contribution in [0, 0.1) is 0 Å². The molecule has 0 saturated carbocycles. The maximum Gasteiger partial charge on any atom is 0.242 e. The minimum absolute atomic E-state index is 0.140. The number of halogens is 1. The van der Waals surface area contributed by atoms with Crippen LogP contribution in [0.4, 0.5) is 0 Å². The molecule has 0 heterocycles. The molecule has 0 fully saturated rings. The molecule has 2 N–H and O–H groups in total. The fourth-order valence-electron chi connectivity index (χ4n) is 1.73. The van der Waals surface area contributed by atoms with E-state index in [4.69, 9.17) is 4.74 Å². The van der Waals surface area contributed by atoms with E-state index in [1.807, 2.05) is 31.2 Å². The molecule has 122 valence electrons. The molecular formula is C16H23BrN2O3. The van der Waals surface area contributed by atoms with Crippen LogP contribution in [0.15, 0.2) is 28.7 Å². The summed E-state index contributed by atoms with van der Waals surface area (Å²) in [5, 5.41) is 5.43. The van der Waals surface area contributed by atoms with Crippen LogP contribution in [0.5, 0.6) is 5.75 Å². The quantitative estimate of drug-likeness (QED) is 0.656. The summed E-state index contributed by atoms with van der Waals surface area (Å²) in [6.45, 7) is 4.75. The first-order valence-electron chi connectivity index (χ1n) is 7.48. The number of nitrogens with one attached hydrogen (secondary N) is 2. The van der Waals surface area contributed by atoms with Crippen molar-refractivity contribution < 1.29 is 14.3 Å². The van der Waals surface area contributed by atoms with Crippen molar-refractivity contribution in [2.24, 2.45) is 0 Å². The predicted octanol–water partition coefficient (Wildman–Crippen LogP) is 2.64. The second kappa shape index (κ2) is 10.2. The van der Waals surface area contributed by atoms with Crippen molar-refractivity contribution in [1.29, 1.82) is 0 Å². The van der Waals surface area contributed by atoms with Crippen LogP contribution in [0.3, 0.4) is 0 Å². The Kier molecular flexibility index (Phi) is 8.58. The highest BCUT2D eigenvalue weighted by molar-refractivity contribution is 9.10. The van der Waals surface area contributed by atoms with Gasteiger partial charge in [-0.1, -0.05) is 22.9 Å². The topological polar surface area (TPSA) is 67.4 Å². The first-order chi connectivity index (χ1) is 10.5. The predicted molar refractivity (Wildman–Crippen MR) is 89.8 cm³/mol. The van der Waals surface area contributed by atoms with E-state index < -0.39 is 6.04 Å². The lowest BCUT2D eigenvalue weighted by Crippen LogP contribution is -2.45. The first-order valence-corrected chi connectivity index (χ1v) is 8.27. The summed E-state index contributed by atoms with van der Waals surface area (Å²) >= 11 is 3.36. The third-order valence-electron chi connectivity index (χ3n) is 2.95. The van der Waals surface area contributed by atoms with E-state index in [-0.39, 0.29) is 11.8 Å². The molecule has 0 bridgehead atoms. The van der Waals surface area contributed by atoms with E-state index >= 15 is 0 Å². The zero-order valence-corrected chi connectivity index (χ0v) is 14.6. The summed E-state index contributed by atoms with van der Waals surface area (Å²) in [5.41, 5.74) is 0. The molecule has 2 amide bonds. The van der Waals surface area contributed by atoms with Crippen molar-refractivity contribution in [3.05, 3.63) is 28.7 Å². The Morgan fingerprint density at radius 1 is 1.27 bits per heavy atom. The first kappa shape index (κ1) is 18.5. The molecule has 0 saturated heterocycles. The highest BCUT2D eigenvalue weighted by atomic mass is 79.9. The second-order valence-electron chi connectivity index (χ2n) is 4.99. The van der Waals surface area contributed by atoms with Crippen LogP contribution in [0.2, 0.25) is 0 Å². The van der Waals surface area contributed by atoms with Crippen molar-refractivity contribution in [1.82, 2.24) is 10.6 Å². The highest BCUT2D eigenvalue weighted by Gasteiger charge is 2.14. The second-order valence-corrected chi connectivity index (χ2v) is 5.90. The van der Waals surface area contributed by atoms with Crippen molar-refractivity contribution in [2.45, 2.75) is 39.2 Å². The van der Waals surface area contributed by atoms with Gasteiger partial charge in [-0.25, -0.2) is 0 Å². The summed E-state index contributed by atoms with van der Waals surface area (Å²) in [6, 6.07) is 7.03. The molecule has 0 aromatic heterocycles. The van der Waals surface area contributed by atoms with Gasteiger partial charge in [0.2, 0.25) is 11.8 Å². The van der Waals surface area contributed by atoms with E-state index in [9.17, 15) is 9.59 Å². The van der Waals surface area contributed by atoms with E-state index in [1.54, 1.807) is 6.92 Å². The Hall–Kier alpha value is -1.56. The average molecular weight is 371 g/mol. The molecule has 0 spiro atoms. The van der Waals surface area contributed by atoms with Crippen LogP contribution < -0.4 is 15.4 Å². The zero-order chi connectivity index (χ0) is 16.4. The zero-order valence-electron chi connectivity index (χ0n) is 13.0. The van der Waals surface area contributed by atoms with Gasteiger partial charge in [-0.3, -0.25) is 9.59 Å². The number of rotatable bonds is 9. The van der Waals surface area contributed by atoms with Gasteiger partial charge in [0.1, 0.15) is 11.8 Å². The SMILES string of the molecule is CCCNC(=O)[C@@H](C)NC(=O)CCCOc1ccc(Br)cc1. The molecule has 1 rings (SSSR count). The highest BCUT2D eigenvalue weighted by Crippen LogP contribution is 2.16. The Bertz CT molecular complexity index is 477. The lowest BCUT2D eigenvalue weighted by molar-refractivity contribution is -0.128. The van der Waals surface area contributed by atoms with E-state index in [1.165, 1.54) is 0 Å². The van der Waals surface area contributed by atoms with Crippen LogP contribution in [0.25, 0.3) is 0 Å². The fraction of sp³-hybridized carbons (Fsp3) is 0.500. The standard InChI is InChI=1S/C16H23BrN2O3/c1-3-10-18-16(21)12(2)19-15(20)5-4-11-22-14-8-6-13(17)7-9-14/h6-9,12H,3-5,10-11H2,1-2H3,(H,18,21)(H,19,20)/t12-/m1/s1. The summed E-state index contributed by atoms with van der Waals surface area (Å²) < 4.78 is 6.53. The maximum absolute atomic E-state index is 11.7. The number of carbonyl (C=O) groups excluding carboxylic acids is 2. The summed E-state index contributed by atoms with van der Waals surface area (Å²) in [7, 11) is 0. The van der Waals surface area contributed by atoms with Crippen molar-refractivity contribution in [3.8, 4) is 5.75 Å². The molecule has 0 unspecified atom stereocenters.